The highest BCUT2D eigenvalue weighted by Gasteiger charge is 2.34. The maximum Gasteiger partial charge on any atom is 0.248 e. The Morgan fingerprint density at radius 1 is 1.24 bits per heavy atom. The van der Waals surface area contributed by atoms with Gasteiger partial charge in [-0.05, 0) is 66.0 Å². The third-order valence-electron chi connectivity index (χ3n) is 5.86. The number of amides is 1. The van der Waals surface area contributed by atoms with Gasteiger partial charge >= 0.3 is 0 Å². The van der Waals surface area contributed by atoms with Crippen LogP contribution in [0.5, 0.6) is 11.5 Å². The Kier molecular flexibility index (Phi) is 9.51. The first kappa shape index (κ1) is 28.6. The molecule has 4 rings (SSSR count). The lowest BCUT2D eigenvalue weighted by Gasteiger charge is -2.28. The minimum absolute atomic E-state index is 0.207. The number of anilines is 1. The predicted molar refractivity (Wildman–Crippen MR) is 155 cm³/mol. The van der Waals surface area contributed by atoms with Crippen molar-refractivity contribution in [2.24, 2.45) is 5.73 Å². The number of allylic oxidation sites excluding steroid dienone is 1. The Morgan fingerprint density at radius 2 is 2.03 bits per heavy atom. The lowest BCUT2D eigenvalue weighted by Crippen LogP contribution is -2.32. The largest absolute Gasteiger partial charge is 0.490 e. The Labute approximate surface area is 244 Å². The molecule has 0 bridgehead atoms. The molecule has 1 aromatic heterocycles. The molecular formula is C26H28BrCl2N5O3S. The normalized spacial score (nSPS) is 14.7. The number of rotatable bonds is 11. The lowest BCUT2D eigenvalue weighted by atomic mass is 9.95. The van der Waals surface area contributed by atoms with Gasteiger partial charge in [0.25, 0.3) is 0 Å². The van der Waals surface area contributed by atoms with Gasteiger partial charge in [0.2, 0.25) is 17.0 Å². The smallest absolute Gasteiger partial charge is 0.248 e. The number of thioether (sulfide) groups is 1. The van der Waals surface area contributed by atoms with Crippen LogP contribution in [0.25, 0.3) is 0 Å². The van der Waals surface area contributed by atoms with E-state index in [9.17, 15) is 4.79 Å². The van der Waals surface area contributed by atoms with Gasteiger partial charge in [-0.15, -0.1) is 5.10 Å². The van der Waals surface area contributed by atoms with Crippen molar-refractivity contribution < 1.29 is 14.3 Å². The van der Waals surface area contributed by atoms with Crippen molar-refractivity contribution >= 4 is 62.7 Å². The highest BCUT2D eigenvalue weighted by molar-refractivity contribution is 9.10. The molecule has 202 valence electrons. The number of benzene rings is 2. The molecule has 0 saturated heterocycles. The standard InChI is InChI=1S/C26H28BrCl2N5O3S/c1-4-6-9-38-26-32-25-31-14(3)21(24(30)35)22(34(25)33-26)16-10-18(27)23(20(11-16)36-5-2)37-13-15-7-8-17(28)12-19(15)29/h7-8,10-12,22H,4-6,9,13H2,1-3H3,(H2,30,35)(H,31,32,33). The molecule has 0 aliphatic carbocycles. The number of hydrogen-bond acceptors (Lipinski definition) is 7. The second-order valence-corrected chi connectivity index (χ2v) is 11.3. The molecule has 8 nitrogen and oxygen atoms in total. The van der Waals surface area contributed by atoms with Crippen molar-refractivity contribution in [2.75, 3.05) is 17.7 Å². The van der Waals surface area contributed by atoms with Crippen LogP contribution in [0.4, 0.5) is 5.95 Å². The third kappa shape index (κ3) is 6.25. The number of unbranched alkanes of at least 4 members (excludes halogenated alkanes) is 1. The highest BCUT2D eigenvalue weighted by atomic mass is 79.9. The molecule has 0 radical (unpaired) electrons. The van der Waals surface area contributed by atoms with E-state index >= 15 is 0 Å². The van der Waals surface area contributed by atoms with E-state index < -0.39 is 11.9 Å². The quantitative estimate of drug-likeness (QED) is 0.172. The lowest BCUT2D eigenvalue weighted by molar-refractivity contribution is -0.115. The number of ether oxygens (including phenoxy) is 2. The summed E-state index contributed by atoms with van der Waals surface area (Å²) < 4.78 is 14.4. The van der Waals surface area contributed by atoms with Gasteiger partial charge in [-0.25, -0.2) is 4.68 Å². The van der Waals surface area contributed by atoms with Gasteiger partial charge in [-0.3, -0.25) is 4.79 Å². The van der Waals surface area contributed by atoms with E-state index in [-0.39, 0.29) is 6.61 Å². The van der Waals surface area contributed by atoms with E-state index in [0.29, 0.717) is 55.0 Å². The average Bonchev–Trinajstić information content (AvgIpc) is 3.25. The Balaban J connectivity index is 1.73. The Morgan fingerprint density at radius 3 is 2.71 bits per heavy atom. The zero-order valence-corrected chi connectivity index (χ0v) is 25.1. The molecule has 1 aliphatic rings. The molecule has 0 spiro atoms. The number of nitrogens with zero attached hydrogens (tertiary/aromatic N) is 3. The van der Waals surface area contributed by atoms with E-state index in [1.807, 2.05) is 25.1 Å². The second kappa shape index (κ2) is 12.6. The molecule has 0 fully saturated rings. The van der Waals surface area contributed by atoms with Crippen molar-refractivity contribution in [2.45, 2.75) is 51.4 Å². The van der Waals surface area contributed by atoms with E-state index in [1.54, 1.807) is 35.5 Å². The van der Waals surface area contributed by atoms with Crippen molar-refractivity contribution in [1.29, 1.82) is 0 Å². The first-order valence-corrected chi connectivity index (χ1v) is 14.7. The van der Waals surface area contributed by atoms with Crippen LogP contribution >= 0.6 is 50.9 Å². The third-order valence-corrected chi connectivity index (χ3v) is 7.96. The summed E-state index contributed by atoms with van der Waals surface area (Å²) in [5.41, 5.74) is 8.39. The zero-order valence-electron chi connectivity index (χ0n) is 21.2. The fraction of sp³-hybridized carbons (Fsp3) is 0.346. The molecule has 2 aromatic carbocycles. The number of carbonyl (C=O) groups is 1. The van der Waals surface area contributed by atoms with E-state index in [0.717, 1.165) is 29.7 Å². The summed E-state index contributed by atoms with van der Waals surface area (Å²) in [6, 6.07) is 8.36. The summed E-state index contributed by atoms with van der Waals surface area (Å²) in [5, 5.41) is 9.59. The Hall–Kier alpha value is -2.40. The monoisotopic (exact) mass is 639 g/mol. The molecular weight excluding hydrogens is 613 g/mol. The van der Waals surface area contributed by atoms with E-state index in [4.69, 9.17) is 43.5 Å². The summed E-state index contributed by atoms with van der Waals surface area (Å²) in [6.07, 6.45) is 2.14. The van der Waals surface area contributed by atoms with Gasteiger partial charge < -0.3 is 20.5 Å². The van der Waals surface area contributed by atoms with Gasteiger partial charge in [0, 0.05) is 27.1 Å². The topological polar surface area (TPSA) is 104 Å². The number of primary amides is 1. The van der Waals surface area contributed by atoms with Crippen LogP contribution < -0.4 is 20.5 Å². The van der Waals surface area contributed by atoms with Crippen LogP contribution in [-0.2, 0) is 11.4 Å². The molecule has 1 unspecified atom stereocenters. The minimum Gasteiger partial charge on any atom is -0.490 e. The number of hydrogen-bond donors (Lipinski definition) is 2. The van der Waals surface area contributed by atoms with Crippen LogP contribution in [0.1, 0.15) is 50.8 Å². The number of aromatic nitrogens is 3. The highest BCUT2D eigenvalue weighted by Crippen LogP contribution is 2.43. The maximum absolute atomic E-state index is 12.6. The fourth-order valence-electron chi connectivity index (χ4n) is 4.07. The van der Waals surface area contributed by atoms with Crippen LogP contribution in [0, 0.1) is 0 Å². The van der Waals surface area contributed by atoms with Crippen LogP contribution in [-0.4, -0.2) is 33.0 Å². The van der Waals surface area contributed by atoms with Gasteiger partial charge in [-0.1, -0.05) is 54.4 Å². The van der Waals surface area contributed by atoms with E-state index in [1.165, 1.54) is 0 Å². The summed E-state index contributed by atoms with van der Waals surface area (Å²) >= 11 is 17.6. The summed E-state index contributed by atoms with van der Waals surface area (Å²) in [5.74, 6) is 1.91. The molecule has 1 atom stereocenters. The van der Waals surface area contributed by atoms with Crippen LogP contribution in [0.3, 0.4) is 0 Å². The first-order valence-electron chi connectivity index (χ1n) is 12.1. The molecule has 2 heterocycles. The zero-order chi connectivity index (χ0) is 27.4. The molecule has 3 N–H and O–H groups in total. The Bertz CT molecular complexity index is 1380. The van der Waals surface area contributed by atoms with Crippen LogP contribution in [0.15, 0.2) is 51.2 Å². The van der Waals surface area contributed by atoms with Crippen LogP contribution in [0.2, 0.25) is 10.0 Å². The SMILES string of the molecule is CCCCSc1nc2n(n1)C(c1cc(Br)c(OCc3ccc(Cl)cc3Cl)c(OCC)c1)C(C(N)=O)=C(C)N2. The van der Waals surface area contributed by atoms with Gasteiger partial charge in [0.05, 0.1) is 16.7 Å². The molecule has 12 heteroatoms. The van der Waals surface area contributed by atoms with E-state index in [2.05, 4.69) is 33.2 Å². The number of nitrogens with two attached hydrogens (primary N) is 1. The molecule has 38 heavy (non-hydrogen) atoms. The summed E-state index contributed by atoms with van der Waals surface area (Å²) in [7, 11) is 0. The van der Waals surface area contributed by atoms with Gasteiger partial charge in [0.1, 0.15) is 12.6 Å². The van der Waals surface area contributed by atoms with Crippen molar-refractivity contribution in [1.82, 2.24) is 14.8 Å². The van der Waals surface area contributed by atoms with Crippen molar-refractivity contribution in [3.05, 3.63) is 67.2 Å². The van der Waals surface area contributed by atoms with Gasteiger partial charge in [-0.2, -0.15) is 4.98 Å². The summed E-state index contributed by atoms with van der Waals surface area (Å²) in [4.78, 5) is 17.3. The predicted octanol–water partition coefficient (Wildman–Crippen LogP) is 6.99. The maximum atomic E-state index is 12.6. The number of halogens is 3. The van der Waals surface area contributed by atoms with Gasteiger partial charge in [0.15, 0.2) is 11.5 Å². The first-order chi connectivity index (χ1) is 18.2. The summed E-state index contributed by atoms with van der Waals surface area (Å²) in [6.45, 7) is 6.45. The van der Waals surface area contributed by atoms with Crippen molar-refractivity contribution in [3.8, 4) is 11.5 Å². The number of carbonyl (C=O) groups excluding carboxylic acids is 1. The average molecular weight is 641 g/mol. The number of fused-ring (bicyclic) bond motifs is 1. The molecule has 1 aliphatic heterocycles. The molecule has 3 aromatic rings. The minimum atomic E-state index is -0.605. The molecule has 1 amide bonds. The van der Waals surface area contributed by atoms with Crippen molar-refractivity contribution in [3.63, 3.8) is 0 Å². The number of nitrogens with one attached hydrogen (secondary N) is 1. The molecule has 0 saturated carbocycles. The fourth-order valence-corrected chi connectivity index (χ4v) is 6.01. The second-order valence-electron chi connectivity index (χ2n) is 8.58.